The van der Waals surface area contributed by atoms with Crippen LogP contribution in [0.1, 0.15) is 31.7 Å². The Kier molecular flexibility index (Phi) is 6.13. The highest BCUT2D eigenvalue weighted by Gasteiger charge is 2.26. The summed E-state index contributed by atoms with van der Waals surface area (Å²) in [6.07, 6.45) is 3.46. The van der Waals surface area contributed by atoms with Crippen LogP contribution in [0.2, 0.25) is 0 Å². The minimum absolute atomic E-state index is 0.148. The number of benzene rings is 1. The summed E-state index contributed by atoms with van der Waals surface area (Å²) in [5, 5.41) is 12.5. The Morgan fingerprint density at radius 1 is 1.42 bits per heavy atom. The van der Waals surface area contributed by atoms with Crippen molar-refractivity contribution in [1.29, 1.82) is 0 Å². The van der Waals surface area contributed by atoms with E-state index < -0.39 is 0 Å². The van der Waals surface area contributed by atoms with Crippen molar-refractivity contribution in [1.82, 2.24) is 25.1 Å². The Balaban J connectivity index is 1.71. The van der Waals surface area contributed by atoms with Crippen molar-refractivity contribution in [2.24, 2.45) is 5.92 Å². The molecule has 26 heavy (non-hydrogen) atoms. The lowest BCUT2D eigenvalue weighted by Crippen LogP contribution is -2.35. The van der Waals surface area contributed by atoms with Crippen molar-refractivity contribution >= 4 is 17.7 Å². The molecule has 1 aromatic carbocycles. The number of rotatable bonds is 9. The molecule has 8 heteroatoms. The van der Waals surface area contributed by atoms with Crippen molar-refractivity contribution < 1.29 is 9.53 Å². The quantitative estimate of drug-likeness (QED) is 0.628. The molecule has 7 nitrogen and oxygen atoms in total. The Bertz CT molecular complexity index is 760. The minimum atomic E-state index is 0.148. The predicted molar refractivity (Wildman–Crippen MR) is 101 cm³/mol. The molecule has 0 spiro atoms. The van der Waals surface area contributed by atoms with Gasteiger partial charge in [0, 0.05) is 13.1 Å². The number of nitrogens with zero attached hydrogens (tertiary/aromatic N) is 5. The van der Waals surface area contributed by atoms with Crippen LogP contribution in [0.25, 0.3) is 5.69 Å². The molecule has 0 radical (unpaired) electrons. The van der Waals surface area contributed by atoms with Crippen molar-refractivity contribution in [3.8, 4) is 11.4 Å². The lowest BCUT2D eigenvalue weighted by molar-refractivity contribution is -0.128. The Morgan fingerprint density at radius 3 is 2.92 bits per heavy atom. The summed E-state index contributed by atoms with van der Waals surface area (Å²) in [5.41, 5.74) is 1.86. The lowest BCUT2D eigenvalue weighted by Gasteiger charge is -2.21. The summed E-state index contributed by atoms with van der Waals surface area (Å²) in [6, 6.07) is 5.84. The van der Waals surface area contributed by atoms with Gasteiger partial charge in [0.05, 0.1) is 12.9 Å². The number of carbonyl (C=O) groups is 1. The van der Waals surface area contributed by atoms with E-state index in [-0.39, 0.29) is 5.91 Å². The number of methoxy groups -OCH3 is 1. The first-order valence-corrected chi connectivity index (χ1v) is 9.95. The van der Waals surface area contributed by atoms with E-state index in [1.807, 2.05) is 30.0 Å². The van der Waals surface area contributed by atoms with Crippen LogP contribution >= 0.6 is 11.8 Å². The SMILES string of the molecule is CCCN(CC1CC1)C(=O)CSc1nnnn1-c1cc(C)ccc1OC. The van der Waals surface area contributed by atoms with Gasteiger partial charge in [0.15, 0.2) is 0 Å². The summed E-state index contributed by atoms with van der Waals surface area (Å²) >= 11 is 1.36. The maximum absolute atomic E-state index is 12.6. The van der Waals surface area contributed by atoms with E-state index in [1.165, 1.54) is 24.6 Å². The molecule has 1 aromatic heterocycles. The zero-order valence-electron chi connectivity index (χ0n) is 15.5. The maximum atomic E-state index is 12.6. The molecule has 3 rings (SSSR count). The normalized spacial score (nSPS) is 13.7. The zero-order valence-corrected chi connectivity index (χ0v) is 16.3. The van der Waals surface area contributed by atoms with Gasteiger partial charge in [-0.15, -0.1) is 5.10 Å². The van der Waals surface area contributed by atoms with Crippen molar-refractivity contribution in [3.05, 3.63) is 23.8 Å². The first kappa shape index (κ1) is 18.7. The third kappa shape index (κ3) is 4.55. The second-order valence-electron chi connectivity index (χ2n) is 6.62. The Labute approximate surface area is 158 Å². The summed E-state index contributed by atoms with van der Waals surface area (Å²) in [4.78, 5) is 14.6. The molecule has 1 fully saturated rings. The van der Waals surface area contributed by atoms with Crippen LogP contribution in [-0.2, 0) is 4.79 Å². The van der Waals surface area contributed by atoms with Crippen LogP contribution in [0, 0.1) is 12.8 Å². The highest BCUT2D eigenvalue weighted by Crippen LogP contribution is 2.30. The summed E-state index contributed by atoms with van der Waals surface area (Å²) in [7, 11) is 1.62. The van der Waals surface area contributed by atoms with Crippen molar-refractivity contribution in [2.75, 3.05) is 26.0 Å². The van der Waals surface area contributed by atoms with Gasteiger partial charge < -0.3 is 9.64 Å². The van der Waals surface area contributed by atoms with Crippen molar-refractivity contribution in [3.63, 3.8) is 0 Å². The summed E-state index contributed by atoms with van der Waals surface area (Å²) < 4.78 is 7.06. The molecule has 140 valence electrons. The third-order valence-electron chi connectivity index (χ3n) is 4.35. The number of amides is 1. The molecular formula is C18H25N5O2S. The number of tetrazole rings is 1. The topological polar surface area (TPSA) is 73.1 Å². The average Bonchev–Trinajstić information content (AvgIpc) is 3.33. The molecular weight excluding hydrogens is 350 g/mol. The molecule has 1 aliphatic carbocycles. The number of carbonyl (C=O) groups excluding carboxylic acids is 1. The number of aromatic nitrogens is 4. The van der Waals surface area contributed by atoms with Gasteiger partial charge in [0.2, 0.25) is 11.1 Å². The third-order valence-corrected chi connectivity index (χ3v) is 5.25. The first-order chi connectivity index (χ1) is 12.6. The second-order valence-corrected chi connectivity index (χ2v) is 7.56. The van der Waals surface area contributed by atoms with Gasteiger partial charge >= 0.3 is 0 Å². The lowest BCUT2D eigenvalue weighted by atomic mass is 10.2. The molecule has 1 amide bonds. The van der Waals surface area contributed by atoms with Gasteiger partial charge in [-0.25, -0.2) is 0 Å². The van der Waals surface area contributed by atoms with Crippen molar-refractivity contribution in [2.45, 2.75) is 38.3 Å². The van der Waals surface area contributed by atoms with Gasteiger partial charge in [0.25, 0.3) is 0 Å². The molecule has 0 aliphatic heterocycles. The number of aryl methyl sites for hydroxylation is 1. The Morgan fingerprint density at radius 2 is 2.23 bits per heavy atom. The fourth-order valence-corrected chi connectivity index (χ4v) is 3.59. The zero-order chi connectivity index (χ0) is 18.5. The van der Waals surface area contributed by atoms with Gasteiger partial charge in [-0.05, 0) is 60.2 Å². The molecule has 1 saturated carbocycles. The molecule has 0 saturated heterocycles. The fourth-order valence-electron chi connectivity index (χ4n) is 2.80. The summed E-state index contributed by atoms with van der Waals surface area (Å²) in [6.45, 7) is 5.80. The summed E-state index contributed by atoms with van der Waals surface area (Å²) in [5.74, 6) is 1.87. The minimum Gasteiger partial charge on any atom is -0.494 e. The predicted octanol–water partition coefficient (Wildman–Crippen LogP) is 2.72. The Hall–Kier alpha value is -2.09. The number of hydrogen-bond acceptors (Lipinski definition) is 6. The standard InChI is InChI=1S/C18H25N5O2S/c1-4-9-22(11-14-6-7-14)17(24)12-26-18-19-20-21-23(18)15-10-13(2)5-8-16(15)25-3/h5,8,10,14H,4,6-7,9,11-12H2,1-3H3. The number of thioether (sulfide) groups is 1. The van der Waals surface area contributed by atoms with E-state index in [0.29, 0.717) is 22.6 Å². The number of hydrogen-bond donors (Lipinski definition) is 0. The van der Waals surface area contributed by atoms with Crippen LogP contribution in [-0.4, -0.2) is 57.0 Å². The van der Waals surface area contributed by atoms with E-state index >= 15 is 0 Å². The maximum Gasteiger partial charge on any atom is 0.233 e. The van der Waals surface area contributed by atoms with Crippen LogP contribution in [0.3, 0.4) is 0 Å². The van der Waals surface area contributed by atoms with Crippen LogP contribution in [0.5, 0.6) is 5.75 Å². The molecule has 2 aromatic rings. The van der Waals surface area contributed by atoms with E-state index in [1.54, 1.807) is 11.8 Å². The van der Waals surface area contributed by atoms with E-state index in [4.69, 9.17) is 4.74 Å². The van der Waals surface area contributed by atoms with Gasteiger partial charge in [-0.1, -0.05) is 24.8 Å². The smallest absolute Gasteiger partial charge is 0.233 e. The van der Waals surface area contributed by atoms with E-state index in [9.17, 15) is 4.79 Å². The van der Waals surface area contributed by atoms with Gasteiger partial charge in [-0.2, -0.15) is 4.68 Å². The highest BCUT2D eigenvalue weighted by molar-refractivity contribution is 7.99. The fraction of sp³-hybridized carbons (Fsp3) is 0.556. The highest BCUT2D eigenvalue weighted by atomic mass is 32.2. The molecule has 0 unspecified atom stereocenters. The van der Waals surface area contributed by atoms with E-state index in [2.05, 4.69) is 22.4 Å². The van der Waals surface area contributed by atoms with E-state index in [0.717, 1.165) is 30.8 Å². The van der Waals surface area contributed by atoms with Crippen LogP contribution in [0.4, 0.5) is 0 Å². The second kappa shape index (κ2) is 8.53. The average molecular weight is 375 g/mol. The van der Waals surface area contributed by atoms with Crippen LogP contribution < -0.4 is 4.74 Å². The van der Waals surface area contributed by atoms with Crippen LogP contribution in [0.15, 0.2) is 23.4 Å². The number of ether oxygens (including phenoxy) is 1. The molecule has 0 bridgehead atoms. The van der Waals surface area contributed by atoms with Gasteiger partial charge in [-0.3, -0.25) is 4.79 Å². The largest absolute Gasteiger partial charge is 0.494 e. The molecule has 1 aliphatic rings. The monoisotopic (exact) mass is 375 g/mol. The van der Waals surface area contributed by atoms with Gasteiger partial charge in [0.1, 0.15) is 11.4 Å². The first-order valence-electron chi connectivity index (χ1n) is 8.96. The molecule has 1 heterocycles. The molecule has 0 N–H and O–H groups in total. The molecule has 0 atom stereocenters.